The second-order valence-electron chi connectivity index (χ2n) is 15.7. The summed E-state index contributed by atoms with van der Waals surface area (Å²) in [4.78, 5) is 10.0. The molecule has 10 heteroatoms. The number of hydrogen-bond donors (Lipinski definition) is 2. The summed E-state index contributed by atoms with van der Waals surface area (Å²) in [5.74, 6) is 1.22. The standard InChI is InChI=1S/C38H60N6O2.2ClH/c45-37(31-41-13-11-35(27-41)33-7-3-1-4-8-33)29-39-15-19-43(20-16-39)23-25-44(26-24-43)21-17-40(18-22-44)30-38(46)32-42-14-12-36(28-42)34-9-5-2-6-10-34;;/h1-10,35-38,45-46H,11-32H2;2*1H/q+2;;/p-2. The van der Waals surface area contributed by atoms with Gasteiger partial charge in [-0.3, -0.25) is 9.80 Å². The van der Waals surface area contributed by atoms with E-state index in [2.05, 4.69) is 80.3 Å². The summed E-state index contributed by atoms with van der Waals surface area (Å²) in [6.45, 7) is 22.3. The van der Waals surface area contributed by atoms with E-state index in [0.717, 1.165) is 78.5 Å². The van der Waals surface area contributed by atoms with E-state index in [1.165, 1.54) is 85.3 Å². The van der Waals surface area contributed by atoms with Crippen LogP contribution in [0.4, 0.5) is 0 Å². The molecular formula is C38H60Cl2N6O2. The van der Waals surface area contributed by atoms with Gasteiger partial charge in [-0.15, -0.1) is 0 Å². The minimum absolute atomic E-state index is 0. The van der Waals surface area contributed by atoms with Gasteiger partial charge in [0.25, 0.3) is 0 Å². The maximum Gasteiger partial charge on any atom is 0.129 e. The van der Waals surface area contributed by atoms with Crippen LogP contribution in [0.2, 0.25) is 0 Å². The van der Waals surface area contributed by atoms with E-state index in [1.807, 2.05) is 0 Å². The number of rotatable bonds is 10. The predicted molar refractivity (Wildman–Crippen MR) is 185 cm³/mol. The van der Waals surface area contributed by atoms with Gasteiger partial charge in [-0.05, 0) is 48.9 Å². The van der Waals surface area contributed by atoms with Gasteiger partial charge in [0, 0.05) is 65.4 Å². The molecule has 0 aliphatic carbocycles. The van der Waals surface area contributed by atoms with Crippen molar-refractivity contribution in [2.75, 3.05) is 131 Å². The molecule has 5 saturated heterocycles. The number of quaternary nitrogens is 2. The second-order valence-corrected chi connectivity index (χ2v) is 15.7. The van der Waals surface area contributed by atoms with E-state index in [1.54, 1.807) is 0 Å². The smallest absolute Gasteiger partial charge is 0.129 e. The molecule has 0 aromatic heterocycles. The van der Waals surface area contributed by atoms with E-state index >= 15 is 0 Å². The van der Waals surface area contributed by atoms with Gasteiger partial charge in [0.2, 0.25) is 0 Å². The molecule has 5 aliphatic heterocycles. The lowest BCUT2D eigenvalue weighted by molar-refractivity contribution is -1.03. The van der Waals surface area contributed by atoms with Crippen LogP contribution < -0.4 is 24.8 Å². The Labute approximate surface area is 302 Å². The Hall–Kier alpha value is -1.30. The Bertz CT molecular complexity index is 1120. The van der Waals surface area contributed by atoms with Crippen molar-refractivity contribution in [3.8, 4) is 0 Å². The zero-order chi connectivity index (χ0) is 31.4. The normalized spacial score (nSPS) is 27.8. The highest BCUT2D eigenvalue weighted by atomic mass is 35.5. The molecule has 4 unspecified atom stereocenters. The highest BCUT2D eigenvalue weighted by Crippen LogP contribution is 2.29. The van der Waals surface area contributed by atoms with Crippen LogP contribution in [0.15, 0.2) is 60.7 Å². The largest absolute Gasteiger partial charge is 1.00 e. The molecule has 48 heavy (non-hydrogen) atoms. The molecule has 2 aromatic carbocycles. The molecule has 2 aromatic rings. The van der Waals surface area contributed by atoms with Crippen molar-refractivity contribution in [3.05, 3.63) is 71.8 Å². The van der Waals surface area contributed by atoms with E-state index in [9.17, 15) is 10.2 Å². The molecule has 2 spiro atoms. The summed E-state index contributed by atoms with van der Waals surface area (Å²) in [7, 11) is 0. The first-order valence-corrected chi connectivity index (χ1v) is 18.5. The lowest BCUT2D eigenvalue weighted by Crippen LogP contribution is -3.00. The van der Waals surface area contributed by atoms with Crippen LogP contribution in [0, 0.1) is 0 Å². The summed E-state index contributed by atoms with van der Waals surface area (Å²) < 4.78 is 2.58. The molecule has 4 atom stereocenters. The maximum absolute atomic E-state index is 11.0. The zero-order valence-corrected chi connectivity index (χ0v) is 30.5. The number of nitrogens with zero attached hydrogens (tertiary/aromatic N) is 6. The Morgan fingerprint density at radius 1 is 0.479 bits per heavy atom. The van der Waals surface area contributed by atoms with Crippen molar-refractivity contribution in [2.45, 2.75) is 36.9 Å². The van der Waals surface area contributed by atoms with E-state index in [4.69, 9.17) is 0 Å². The van der Waals surface area contributed by atoms with E-state index in [0.29, 0.717) is 11.8 Å². The quantitative estimate of drug-likeness (QED) is 0.246. The molecule has 5 heterocycles. The van der Waals surface area contributed by atoms with Gasteiger partial charge >= 0.3 is 0 Å². The Balaban J connectivity index is 0.00000225. The Morgan fingerprint density at radius 2 is 0.812 bits per heavy atom. The average Bonchev–Trinajstić information content (AvgIpc) is 3.76. The molecule has 0 radical (unpaired) electrons. The van der Waals surface area contributed by atoms with Crippen LogP contribution in [-0.4, -0.2) is 182 Å². The number of benzene rings is 2. The first kappa shape index (κ1) is 37.9. The minimum atomic E-state index is -0.257. The maximum atomic E-state index is 11.0. The van der Waals surface area contributed by atoms with Crippen LogP contribution >= 0.6 is 0 Å². The van der Waals surface area contributed by atoms with Crippen molar-refractivity contribution < 1.29 is 44.0 Å². The molecular weight excluding hydrogens is 643 g/mol. The van der Waals surface area contributed by atoms with Crippen molar-refractivity contribution in [1.29, 1.82) is 0 Å². The van der Waals surface area contributed by atoms with Crippen LogP contribution in [-0.2, 0) is 0 Å². The van der Waals surface area contributed by atoms with Crippen LogP contribution in [0.3, 0.4) is 0 Å². The lowest BCUT2D eigenvalue weighted by atomic mass is 9.99. The lowest BCUT2D eigenvalue weighted by Gasteiger charge is -2.54. The molecule has 0 saturated carbocycles. The van der Waals surface area contributed by atoms with Crippen molar-refractivity contribution in [3.63, 3.8) is 0 Å². The van der Waals surface area contributed by atoms with Crippen LogP contribution in [0.25, 0.3) is 0 Å². The fourth-order valence-corrected chi connectivity index (χ4v) is 9.49. The fraction of sp³-hybridized carbons (Fsp3) is 0.684. The number of hydrogen-bond acceptors (Lipinski definition) is 6. The number of aliphatic hydroxyl groups excluding tert-OH is 2. The number of halogens is 2. The van der Waals surface area contributed by atoms with Crippen molar-refractivity contribution >= 4 is 0 Å². The summed E-state index contributed by atoms with van der Waals surface area (Å²) in [6.07, 6.45) is 1.89. The SMILES string of the molecule is OC(CN1CC[N+]2(CC1)CC[N+]1(CCN(CC(O)CN3CCC(c4ccccc4)C3)CC1)CC2)CN1CCC(c2ccccc2)C1.[Cl-].[Cl-]. The van der Waals surface area contributed by atoms with Gasteiger partial charge < -0.3 is 53.8 Å². The van der Waals surface area contributed by atoms with Crippen LogP contribution in [0.1, 0.15) is 35.8 Å². The summed E-state index contributed by atoms with van der Waals surface area (Å²) in [5, 5.41) is 21.9. The first-order valence-electron chi connectivity index (χ1n) is 18.5. The summed E-state index contributed by atoms with van der Waals surface area (Å²) in [6, 6.07) is 21.8. The predicted octanol–water partition coefficient (Wildman–Crippen LogP) is -4.03. The third kappa shape index (κ3) is 9.52. The molecule has 0 bridgehead atoms. The highest BCUT2D eigenvalue weighted by Gasteiger charge is 2.45. The summed E-state index contributed by atoms with van der Waals surface area (Å²) >= 11 is 0. The molecule has 2 N–H and O–H groups in total. The molecule has 7 rings (SSSR count). The monoisotopic (exact) mass is 702 g/mol. The molecule has 268 valence electrons. The molecule has 5 aliphatic rings. The molecule has 5 fully saturated rings. The van der Waals surface area contributed by atoms with E-state index in [-0.39, 0.29) is 37.0 Å². The highest BCUT2D eigenvalue weighted by molar-refractivity contribution is 5.22. The molecule has 0 amide bonds. The van der Waals surface area contributed by atoms with Gasteiger partial charge in [0.15, 0.2) is 0 Å². The molecule has 8 nitrogen and oxygen atoms in total. The third-order valence-electron chi connectivity index (χ3n) is 12.6. The van der Waals surface area contributed by atoms with Crippen LogP contribution in [0.5, 0.6) is 0 Å². The number of piperazine rings is 3. The van der Waals surface area contributed by atoms with Gasteiger partial charge in [-0.25, -0.2) is 0 Å². The number of likely N-dealkylation sites (tertiary alicyclic amines) is 2. The number of β-amino-alcohol motifs (C(OH)–C–C–N with tert-alkyl or cyclic N) is 2. The Kier molecular flexibility index (Phi) is 13.7. The van der Waals surface area contributed by atoms with Crippen molar-refractivity contribution in [1.82, 2.24) is 19.6 Å². The van der Waals surface area contributed by atoms with Gasteiger partial charge in [0.05, 0.1) is 38.4 Å². The average molecular weight is 704 g/mol. The fourth-order valence-electron chi connectivity index (χ4n) is 9.49. The van der Waals surface area contributed by atoms with E-state index < -0.39 is 0 Å². The third-order valence-corrected chi connectivity index (χ3v) is 12.6. The minimum Gasteiger partial charge on any atom is -1.00 e. The van der Waals surface area contributed by atoms with Crippen molar-refractivity contribution in [2.24, 2.45) is 0 Å². The number of aliphatic hydroxyl groups is 2. The first-order chi connectivity index (χ1) is 22.4. The van der Waals surface area contributed by atoms with Gasteiger partial charge in [-0.2, -0.15) is 0 Å². The Morgan fingerprint density at radius 3 is 1.17 bits per heavy atom. The summed E-state index contributed by atoms with van der Waals surface area (Å²) in [5.41, 5.74) is 2.89. The second kappa shape index (κ2) is 17.3. The van der Waals surface area contributed by atoms with Gasteiger partial charge in [0.1, 0.15) is 26.2 Å². The zero-order valence-electron chi connectivity index (χ0n) is 29.0. The van der Waals surface area contributed by atoms with Gasteiger partial charge in [-0.1, -0.05) is 60.7 Å². The topological polar surface area (TPSA) is 53.4 Å².